The number of aromatic nitrogens is 1. The highest BCUT2D eigenvalue weighted by Crippen LogP contribution is 2.25. The van der Waals surface area contributed by atoms with Crippen molar-refractivity contribution >= 4 is 27.3 Å². The van der Waals surface area contributed by atoms with Gasteiger partial charge in [-0.25, -0.2) is 17.7 Å². The molecule has 2 heterocycles. The molecule has 0 radical (unpaired) electrons. The summed E-state index contributed by atoms with van der Waals surface area (Å²) in [7, 11) is -1.62. The van der Waals surface area contributed by atoms with Crippen LogP contribution in [0.4, 0.5) is 0 Å². The summed E-state index contributed by atoms with van der Waals surface area (Å²) in [5.41, 5.74) is 0.692. The number of rotatable bonds is 9. The molecule has 0 saturated heterocycles. The molecule has 1 amide bonds. The third-order valence-corrected chi connectivity index (χ3v) is 6.42. The number of amides is 1. The van der Waals surface area contributed by atoms with Crippen molar-refractivity contribution in [1.82, 2.24) is 14.6 Å². The molecule has 0 bridgehead atoms. The van der Waals surface area contributed by atoms with Crippen LogP contribution in [-0.4, -0.2) is 49.5 Å². The fraction of sp³-hybridized carbons (Fsp3) is 0.500. The van der Waals surface area contributed by atoms with Gasteiger partial charge in [-0.1, -0.05) is 0 Å². The molecule has 0 aromatic carbocycles. The number of carbonyl (C=O) groups excluding carboxylic acids is 1. The van der Waals surface area contributed by atoms with Gasteiger partial charge in [0.25, 0.3) is 0 Å². The number of sulfonamides is 1. The molecular formula is C16H23N3O4S2. The van der Waals surface area contributed by atoms with Crippen LogP contribution in [0.2, 0.25) is 0 Å². The van der Waals surface area contributed by atoms with E-state index in [2.05, 4.69) is 10.3 Å². The van der Waals surface area contributed by atoms with Crippen LogP contribution in [0.1, 0.15) is 24.8 Å². The van der Waals surface area contributed by atoms with Gasteiger partial charge in [0, 0.05) is 25.5 Å². The fourth-order valence-electron chi connectivity index (χ4n) is 2.17. The average molecular weight is 386 g/mol. The summed E-state index contributed by atoms with van der Waals surface area (Å²) in [6, 6.07) is 3.73. The van der Waals surface area contributed by atoms with Crippen molar-refractivity contribution in [3.05, 3.63) is 29.0 Å². The third-order valence-electron chi connectivity index (χ3n) is 3.66. The van der Waals surface area contributed by atoms with Gasteiger partial charge in [0.2, 0.25) is 15.9 Å². The molecule has 25 heavy (non-hydrogen) atoms. The quantitative estimate of drug-likeness (QED) is 0.667. The number of aryl methyl sites for hydroxylation is 1. The van der Waals surface area contributed by atoms with Crippen LogP contribution in [0.15, 0.2) is 21.9 Å². The van der Waals surface area contributed by atoms with Crippen LogP contribution in [0, 0.1) is 6.92 Å². The van der Waals surface area contributed by atoms with Gasteiger partial charge >= 0.3 is 0 Å². The Balaban J connectivity index is 1.75. The van der Waals surface area contributed by atoms with Gasteiger partial charge in [-0.2, -0.15) is 0 Å². The van der Waals surface area contributed by atoms with Gasteiger partial charge in [0.1, 0.15) is 5.76 Å². The maximum Gasteiger partial charge on any atom is 0.226 e. The minimum absolute atomic E-state index is 0.0806. The third kappa shape index (κ3) is 5.65. The second-order valence-electron chi connectivity index (χ2n) is 5.66. The topological polar surface area (TPSA) is 92.5 Å². The maximum absolute atomic E-state index is 12.0. The largest absolute Gasteiger partial charge is 0.459 e. The normalized spacial score (nSPS) is 11.8. The van der Waals surface area contributed by atoms with Gasteiger partial charge in [-0.3, -0.25) is 4.79 Å². The van der Waals surface area contributed by atoms with Crippen molar-refractivity contribution in [1.29, 1.82) is 0 Å². The second kappa shape index (κ2) is 8.59. The zero-order valence-corrected chi connectivity index (χ0v) is 16.2. The van der Waals surface area contributed by atoms with Crippen LogP contribution >= 0.6 is 11.3 Å². The zero-order valence-electron chi connectivity index (χ0n) is 14.6. The van der Waals surface area contributed by atoms with E-state index in [9.17, 15) is 13.2 Å². The number of nitrogens with one attached hydrogen (secondary N) is 1. The highest BCUT2D eigenvalue weighted by Gasteiger charge is 2.14. The number of nitrogens with zero attached hydrogens (tertiary/aromatic N) is 2. The van der Waals surface area contributed by atoms with E-state index in [1.165, 1.54) is 15.6 Å². The van der Waals surface area contributed by atoms with Crippen molar-refractivity contribution in [2.24, 2.45) is 0 Å². The van der Waals surface area contributed by atoms with Crippen LogP contribution < -0.4 is 5.32 Å². The van der Waals surface area contributed by atoms with Gasteiger partial charge < -0.3 is 9.73 Å². The summed E-state index contributed by atoms with van der Waals surface area (Å²) in [4.78, 5) is 16.4. The number of furan rings is 1. The molecule has 0 aliphatic rings. The second-order valence-corrected chi connectivity index (χ2v) is 8.88. The Morgan fingerprint density at radius 3 is 2.80 bits per heavy atom. The summed E-state index contributed by atoms with van der Waals surface area (Å²) in [5.74, 6) is 1.47. The Labute approximate surface area is 152 Å². The summed E-state index contributed by atoms with van der Waals surface area (Å²) >= 11 is 1.44. The molecule has 2 aromatic heterocycles. The first-order valence-corrected chi connectivity index (χ1v) is 10.5. The maximum atomic E-state index is 12.0. The Morgan fingerprint density at radius 2 is 2.16 bits per heavy atom. The van der Waals surface area contributed by atoms with Gasteiger partial charge in [-0.15, -0.1) is 11.3 Å². The molecule has 0 aliphatic carbocycles. The molecule has 1 N–H and O–H groups in total. The highest BCUT2D eigenvalue weighted by atomic mass is 32.2. The van der Waals surface area contributed by atoms with Gasteiger partial charge in [-0.05, 0) is 32.4 Å². The number of carbonyl (C=O) groups is 1. The summed E-state index contributed by atoms with van der Waals surface area (Å²) < 4.78 is 30.1. The van der Waals surface area contributed by atoms with Crippen molar-refractivity contribution in [3.8, 4) is 10.8 Å². The molecule has 0 aliphatic heterocycles. The van der Waals surface area contributed by atoms with E-state index in [1.807, 2.05) is 24.4 Å². The Hall–Kier alpha value is -1.71. The van der Waals surface area contributed by atoms with Gasteiger partial charge in [0.15, 0.2) is 10.8 Å². The smallest absolute Gasteiger partial charge is 0.226 e. The molecule has 7 nitrogen and oxygen atoms in total. The molecule has 0 spiro atoms. The molecule has 2 aromatic rings. The summed E-state index contributed by atoms with van der Waals surface area (Å²) in [6.45, 7) is 4.29. The molecule has 0 fully saturated rings. The van der Waals surface area contributed by atoms with E-state index >= 15 is 0 Å². The minimum atomic E-state index is -3.17. The van der Waals surface area contributed by atoms with Gasteiger partial charge in [0.05, 0.1) is 17.9 Å². The van der Waals surface area contributed by atoms with E-state index in [0.29, 0.717) is 31.0 Å². The number of thiazole rings is 1. The summed E-state index contributed by atoms with van der Waals surface area (Å²) in [6.07, 6.45) is 0.759. The SMILES string of the molecule is CCS(=O)(=O)N(C)CCCNC(=O)Cc1csc(-c2ccc(C)o2)n1. The van der Waals surface area contributed by atoms with Crippen LogP contribution in [0.5, 0.6) is 0 Å². The first kappa shape index (κ1) is 19.6. The minimum Gasteiger partial charge on any atom is -0.459 e. The lowest BCUT2D eigenvalue weighted by Gasteiger charge is -2.15. The van der Waals surface area contributed by atoms with Crippen molar-refractivity contribution < 1.29 is 17.6 Å². The molecule has 138 valence electrons. The number of hydrogen-bond acceptors (Lipinski definition) is 6. The lowest BCUT2D eigenvalue weighted by Crippen LogP contribution is -2.32. The fourth-order valence-corrected chi connectivity index (χ4v) is 3.79. The predicted octanol–water partition coefficient (Wildman–Crippen LogP) is 2.04. The highest BCUT2D eigenvalue weighted by molar-refractivity contribution is 7.89. The van der Waals surface area contributed by atoms with E-state index in [0.717, 1.165) is 10.8 Å². The van der Waals surface area contributed by atoms with Crippen molar-refractivity contribution in [3.63, 3.8) is 0 Å². The van der Waals surface area contributed by atoms with Crippen LogP contribution in [0.3, 0.4) is 0 Å². The molecule has 2 rings (SSSR count). The van der Waals surface area contributed by atoms with E-state index in [4.69, 9.17) is 4.42 Å². The van der Waals surface area contributed by atoms with E-state index < -0.39 is 10.0 Å². The molecular weight excluding hydrogens is 362 g/mol. The molecule has 0 atom stereocenters. The Kier molecular flexibility index (Phi) is 6.74. The standard InChI is InChI=1S/C16H23N3O4S2/c1-4-25(21,22)19(3)9-5-8-17-15(20)10-13-11-24-16(18-13)14-7-6-12(2)23-14/h6-7,11H,4-5,8-10H2,1-3H3,(H,17,20). The lowest BCUT2D eigenvalue weighted by atomic mass is 10.3. The first-order chi connectivity index (χ1) is 11.8. The average Bonchev–Trinajstić information content (AvgIpc) is 3.20. The van der Waals surface area contributed by atoms with E-state index in [1.54, 1.807) is 14.0 Å². The van der Waals surface area contributed by atoms with Crippen molar-refractivity contribution in [2.45, 2.75) is 26.7 Å². The van der Waals surface area contributed by atoms with Crippen molar-refractivity contribution in [2.75, 3.05) is 25.9 Å². The van der Waals surface area contributed by atoms with E-state index in [-0.39, 0.29) is 18.1 Å². The molecule has 9 heteroatoms. The van der Waals surface area contributed by atoms with Crippen LogP contribution in [-0.2, 0) is 21.2 Å². The Bertz CT molecular complexity index is 811. The molecule has 0 saturated carbocycles. The molecule has 0 unspecified atom stereocenters. The Morgan fingerprint density at radius 1 is 1.40 bits per heavy atom. The predicted molar refractivity (Wildman–Crippen MR) is 98.0 cm³/mol. The summed E-state index contributed by atoms with van der Waals surface area (Å²) in [5, 5.41) is 5.38. The van der Waals surface area contributed by atoms with Crippen LogP contribution in [0.25, 0.3) is 10.8 Å². The number of hydrogen-bond donors (Lipinski definition) is 1. The first-order valence-electron chi connectivity index (χ1n) is 8.03. The lowest BCUT2D eigenvalue weighted by molar-refractivity contribution is -0.120. The zero-order chi connectivity index (χ0) is 18.4. The monoisotopic (exact) mass is 385 g/mol.